The van der Waals surface area contributed by atoms with E-state index in [1.807, 2.05) is 43.3 Å². The van der Waals surface area contributed by atoms with Crippen molar-refractivity contribution in [1.29, 1.82) is 0 Å². The zero-order chi connectivity index (χ0) is 29.1. The molecule has 10 heteroatoms. The van der Waals surface area contributed by atoms with Crippen LogP contribution in [0.15, 0.2) is 78.9 Å². The lowest BCUT2D eigenvalue weighted by Gasteiger charge is -2.32. The number of carbonyl (C=O) groups is 2. The van der Waals surface area contributed by atoms with Gasteiger partial charge in [0.1, 0.15) is 6.04 Å². The maximum atomic E-state index is 13.8. The first kappa shape index (κ1) is 31.5. The average molecular weight is 605 g/mol. The molecule has 2 amide bonds. The van der Waals surface area contributed by atoms with Crippen LogP contribution in [0.1, 0.15) is 37.3 Å². The largest absolute Gasteiger partial charge is 0.354 e. The number of nitrogens with one attached hydrogen (secondary N) is 1. The lowest BCUT2D eigenvalue weighted by molar-refractivity contribution is -0.141. The van der Waals surface area contributed by atoms with Crippen LogP contribution in [-0.2, 0) is 32.6 Å². The Bertz CT molecular complexity index is 1370. The van der Waals surface area contributed by atoms with Gasteiger partial charge in [0.15, 0.2) is 0 Å². The number of halogens is 2. The van der Waals surface area contributed by atoms with Crippen molar-refractivity contribution in [3.05, 3.63) is 100 Å². The van der Waals surface area contributed by atoms with Gasteiger partial charge in [-0.25, -0.2) is 8.42 Å². The minimum absolute atomic E-state index is 0.0481. The molecule has 0 spiro atoms. The molecule has 1 N–H and O–H groups in total. The summed E-state index contributed by atoms with van der Waals surface area (Å²) in [6.45, 7) is 2.75. The number of benzene rings is 3. The molecule has 3 rings (SSSR count). The first-order chi connectivity index (χ1) is 19.1. The van der Waals surface area contributed by atoms with E-state index in [1.165, 1.54) is 4.31 Å². The summed E-state index contributed by atoms with van der Waals surface area (Å²) in [5.41, 5.74) is 2.19. The second-order valence-corrected chi connectivity index (χ2v) is 12.3. The van der Waals surface area contributed by atoms with Gasteiger partial charge in [-0.2, -0.15) is 0 Å². The molecule has 0 aliphatic carbocycles. The normalized spacial score (nSPS) is 12.0. The molecular formula is C30H35Cl2N3O4S. The van der Waals surface area contributed by atoms with Crippen LogP contribution in [0.3, 0.4) is 0 Å². The first-order valence-electron chi connectivity index (χ1n) is 13.2. The van der Waals surface area contributed by atoms with Crippen LogP contribution >= 0.6 is 23.2 Å². The lowest BCUT2D eigenvalue weighted by Crippen LogP contribution is -2.50. The Hall–Kier alpha value is -3.07. The van der Waals surface area contributed by atoms with Gasteiger partial charge in [0.25, 0.3) is 0 Å². The molecule has 0 aliphatic rings. The highest BCUT2D eigenvalue weighted by molar-refractivity contribution is 7.92. The Labute approximate surface area is 247 Å². The van der Waals surface area contributed by atoms with Gasteiger partial charge in [0.2, 0.25) is 21.8 Å². The van der Waals surface area contributed by atoms with E-state index in [0.29, 0.717) is 28.7 Å². The molecule has 1 atom stereocenters. The number of rotatable bonds is 14. The summed E-state index contributed by atoms with van der Waals surface area (Å²) < 4.78 is 26.3. The van der Waals surface area contributed by atoms with Crippen LogP contribution in [0.25, 0.3) is 0 Å². The molecule has 214 valence electrons. The Kier molecular flexibility index (Phi) is 11.9. The van der Waals surface area contributed by atoms with E-state index in [-0.39, 0.29) is 37.7 Å². The van der Waals surface area contributed by atoms with Crippen LogP contribution in [0.5, 0.6) is 0 Å². The zero-order valence-electron chi connectivity index (χ0n) is 22.7. The highest BCUT2D eigenvalue weighted by atomic mass is 35.5. The maximum Gasteiger partial charge on any atom is 0.243 e. The molecular weight excluding hydrogens is 569 g/mol. The monoisotopic (exact) mass is 603 g/mol. The highest BCUT2D eigenvalue weighted by Crippen LogP contribution is 2.22. The second-order valence-electron chi connectivity index (χ2n) is 9.56. The third kappa shape index (κ3) is 9.54. The number of anilines is 1. The summed E-state index contributed by atoms with van der Waals surface area (Å²) in [6.07, 6.45) is 2.53. The molecule has 3 aromatic carbocycles. The third-order valence-corrected chi connectivity index (χ3v) is 8.01. The van der Waals surface area contributed by atoms with E-state index in [2.05, 4.69) is 5.32 Å². The number of nitrogens with zero attached hydrogens (tertiary/aromatic N) is 2. The van der Waals surface area contributed by atoms with Crippen molar-refractivity contribution < 1.29 is 18.0 Å². The number of amides is 2. The summed E-state index contributed by atoms with van der Waals surface area (Å²) in [4.78, 5) is 28.8. The van der Waals surface area contributed by atoms with Crippen molar-refractivity contribution in [2.45, 2.75) is 45.2 Å². The maximum absolute atomic E-state index is 13.8. The van der Waals surface area contributed by atoms with E-state index < -0.39 is 16.1 Å². The predicted octanol–water partition coefficient (Wildman–Crippen LogP) is 5.71. The fraction of sp³-hybridized carbons (Fsp3) is 0.333. The summed E-state index contributed by atoms with van der Waals surface area (Å²) >= 11 is 12.2. The highest BCUT2D eigenvalue weighted by Gasteiger charge is 2.30. The van der Waals surface area contributed by atoms with Crippen molar-refractivity contribution in [2.75, 3.05) is 23.7 Å². The molecule has 0 unspecified atom stereocenters. The van der Waals surface area contributed by atoms with Gasteiger partial charge in [-0.3, -0.25) is 13.9 Å². The standard InChI is InChI=1S/C30H35Cl2N3O4S/c1-3-18-33-30(37)28(21-23-9-5-4-6-10-23)34(22-24-11-7-12-26(32)20-24)29(36)13-8-19-35(40(2,38)39)27-16-14-25(31)15-17-27/h4-7,9-12,14-17,20,28H,3,8,13,18-19,21-22H2,1-2H3,(H,33,37)/t28-/m1/s1. The van der Waals surface area contributed by atoms with E-state index in [0.717, 1.165) is 23.8 Å². The van der Waals surface area contributed by atoms with Gasteiger partial charge in [0, 0.05) is 42.5 Å². The Morgan fingerprint density at radius 3 is 2.20 bits per heavy atom. The minimum atomic E-state index is -3.60. The molecule has 0 bridgehead atoms. The van der Waals surface area contributed by atoms with Gasteiger partial charge < -0.3 is 10.2 Å². The van der Waals surface area contributed by atoms with Gasteiger partial charge in [-0.15, -0.1) is 0 Å². The topological polar surface area (TPSA) is 86.8 Å². The van der Waals surface area contributed by atoms with Gasteiger partial charge in [0.05, 0.1) is 11.9 Å². The SMILES string of the molecule is CCCNC(=O)[C@@H](Cc1ccccc1)N(Cc1cccc(Cl)c1)C(=O)CCCN(c1ccc(Cl)cc1)S(C)(=O)=O. The summed E-state index contributed by atoms with van der Waals surface area (Å²) in [5, 5.41) is 3.98. The number of hydrogen-bond acceptors (Lipinski definition) is 4. The van der Waals surface area contributed by atoms with E-state index in [4.69, 9.17) is 23.2 Å². The van der Waals surface area contributed by atoms with Crippen molar-refractivity contribution in [2.24, 2.45) is 0 Å². The van der Waals surface area contributed by atoms with Crippen LogP contribution in [0.2, 0.25) is 10.0 Å². The molecule has 7 nitrogen and oxygen atoms in total. The number of carbonyl (C=O) groups excluding carboxylic acids is 2. The number of sulfonamides is 1. The fourth-order valence-corrected chi connectivity index (χ4v) is 5.67. The molecule has 0 aromatic heterocycles. The predicted molar refractivity (Wildman–Crippen MR) is 162 cm³/mol. The fourth-order valence-electron chi connectivity index (χ4n) is 4.36. The summed E-state index contributed by atoms with van der Waals surface area (Å²) in [6, 6.07) is 22.5. The van der Waals surface area contributed by atoms with E-state index >= 15 is 0 Å². The van der Waals surface area contributed by atoms with Crippen molar-refractivity contribution in [3.8, 4) is 0 Å². The summed E-state index contributed by atoms with van der Waals surface area (Å²) in [5.74, 6) is -0.489. The molecule has 0 radical (unpaired) electrons. The van der Waals surface area contributed by atoms with Crippen molar-refractivity contribution in [1.82, 2.24) is 10.2 Å². The van der Waals surface area contributed by atoms with Gasteiger partial charge >= 0.3 is 0 Å². The minimum Gasteiger partial charge on any atom is -0.354 e. The van der Waals surface area contributed by atoms with Crippen LogP contribution < -0.4 is 9.62 Å². The first-order valence-corrected chi connectivity index (χ1v) is 15.8. The second kappa shape index (κ2) is 15.1. The average Bonchev–Trinajstić information content (AvgIpc) is 2.92. The molecule has 0 heterocycles. The quantitative estimate of drug-likeness (QED) is 0.256. The third-order valence-electron chi connectivity index (χ3n) is 6.33. The molecule has 0 saturated heterocycles. The number of hydrogen-bond donors (Lipinski definition) is 1. The van der Waals surface area contributed by atoms with E-state index in [9.17, 15) is 18.0 Å². The van der Waals surface area contributed by atoms with Crippen LogP contribution in [0.4, 0.5) is 5.69 Å². The van der Waals surface area contributed by atoms with Gasteiger partial charge in [-0.05, 0) is 60.4 Å². The molecule has 0 aliphatic heterocycles. The van der Waals surface area contributed by atoms with Crippen LogP contribution in [-0.4, -0.2) is 50.5 Å². The van der Waals surface area contributed by atoms with Crippen LogP contribution in [0, 0.1) is 0 Å². The Morgan fingerprint density at radius 2 is 1.57 bits per heavy atom. The van der Waals surface area contributed by atoms with Gasteiger partial charge in [-0.1, -0.05) is 72.6 Å². The Balaban J connectivity index is 1.86. The Morgan fingerprint density at radius 1 is 0.900 bits per heavy atom. The molecule has 40 heavy (non-hydrogen) atoms. The molecule has 0 saturated carbocycles. The lowest BCUT2D eigenvalue weighted by atomic mass is 10.0. The molecule has 3 aromatic rings. The molecule has 0 fully saturated rings. The van der Waals surface area contributed by atoms with Crippen molar-refractivity contribution in [3.63, 3.8) is 0 Å². The van der Waals surface area contributed by atoms with E-state index in [1.54, 1.807) is 47.4 Å². The smallest absolute Gasteiger partial charge is 0.243 e. The van der Waals surface area contributed by atoms with Crippen molar-refractivity contribution >= 4 is 50.7 Å². The zero-order valence-corrected chi connectivity index (χ0v) is 25.1. The summed E-state index contributed by atoms with van der Waals surface area (Å²) in [7, 11) is -3.60.